The van der Waals surface area contributed by atoms with Crippen molar-refractivity contribution in [1.29, 1.82) is 0 Å². The lowest BCUT2D eigenvalue weighted by atomic mass is 10.0. The summed E-state index contributed by atoms with van der Waals surface area (Å²) in [5.41, 5.74) is 0.640. The van der Waals surface area contributed by atoms with E-state index in [4.69, 9.17) is 0 Å². The number of carbonyl (C=O) groups is 1. The summed E-state index contributed by atoms with van der Waals surface area (Å²) in [6, 6.07) is 8.94. The molecule has 0 radical (unpaired) electrons. The van der Waals surface area contributed by atoms with E-state index < -0.39 is 0 Å². The lowest BCUT2D eigenvalue weighted by molar-refractivity contribution is 0.109. The molecule has 1 aliphatic carbocycles. The molecule has 2 unspecified atom stereocenters. The van der Waals surface area contributed by atoms with Crippen LogP contribution < -0.4 is 5.32 Å². The molecule has 106 valence electrons. The first-order valence-electron chi connectivity index (χ1n) is 6.76. The Hall–Kier alpha value is -0.840. The van der Waals surface area contributed by atoms with Gasteiger partial charge >= 0.3 is 0 Å². The number of nitrogens with one attached hydrogen (secondary N) is 1. The summed E-state index contributed by atoms with van der Waals surface area (Å²) in [4.78, 5) is 10.5. The van der Waals surface area contributed by atoms with Gasteiger partial charge in [0.2, 0.25) is 5.12 Å². The number of aliphatic hydroxyl groups excluding tert-OH is 1. The largest absolute Gasteiger partial charge is 0.393 e. The molecule has 2 rings (SSSR count). The molecule has 3 nitrogen and oxygen atoms in total. The third kappa shape index (κ3) is 6.23. The van der Waals surface area contributed by atoms with Gasteiger partial charge in [0.1, 0.15) is 0 Å². The van der Waals surface area contributed by atoms with Gasteiger partial charge in [-0.25, -0.2) is 0 Å². The molecule has 1 aromatic carbocycles. The van der Waals surface area contributed by atoms with Gasteiger partial charge in [0.25, 0.3) is 0 Å². The Labute approximate surface area is 120 Å². The van der Waals surface area contributed by atoms with Crippen LogP contribution in [-0.2, 0) is 0 Å². The van der Waals surface area contributed by atoms with E-state index in [-0.39, 0.29) is 11.2 Å². The molecule has 0 heterocycles. The van der Waals surface area contributed by atoms with Crippen LogP contribution in [0.2, 0.25) is 0 Å². The van der Waals surface area contributed by atoms with E-state index in [1.165, 1.54) is 12.8 Å². The molecule has 2 atom stereocenters. The molecule has 1 aliphatic rings. The molecule has 0 aliphatic heterocycles. The molecule has 0 bridgehead atoms. The lowest BCUT2D eigenvalue weighted by Crippen LogP contribution is -2.18. The molecule has 0 aromatic heterocycles. The molecule has 1 aromatic rings. The van der Waals surface area contributed by atoms with Crippen molar-refractivity contribution in [2.24, 2.45) is 5.92 Å². The van der Waals surface area contributed by atoms with Crippen molar-refractivity contribution in [2.75, 3.05) is 13.6 Å². The number of hydrogen-bond acceptors (Lipinski definition) is 3. The fourth-order valence-corrected chi connectivity index (χ4v) is 2.41. The molecule has 1 fully saturated rings. The van der Waals surface area contributed by atoms with Crippen molar-refractivity contribution >= 4 is 17.7 Å². The number of benzene rings is 1. The Kier molecular flexibility index (Phi) is 7.79. The van der Waals surface area contributed by atoms with Crippen LogP contribution in [0.15, 0.2) is 30.3 Å². The van der Waals surface area contributed by atoms with Crippen molar-refractivity contribution in [2.45, 2.75) is 31.8 Å². The molecule has 4 heteroatoms. The number of thiol groups is 1. The molecule has 19 heavy (non-hydrogen) atoms. The van der Waals surface area contributed by atoms with Crippen molar-refractivity contribution < 1.29 is 9.90 Å². The van der Waals surface area contributed by atoms with E-state index in [9.17, 15) is 9.90 Å². The van der Waals surface area contributed by atoms with Gasteiger partial charge in [-0.3, -0.25) is 4.79 Å². The minimum absolute atomic E-state index is 0.00616. The summed E-state index contributed by atoms with van der Waals surface area (Å²) >= 11 is 3.65. The fraction of sp³-hybridized carbons (Fsp3) is 0.533. The van der Waals surface area contributed by atoms with Crippen LogP contribution in [0.5, 0.6) is 0 Å². The van der Waals surface area contributed by atoms with E-state index >= 15 is 0 Å². The van der Waals surface area contributed by atoms with Crippen molar-refractivity contribution in [3.05, 3.63) is 35.9 Å². The summed E-state index contributed by atoms with van der Waals surface area (Å²) in [6.45, 7) is 1.04. The second kappa shape index (κ2) is 9.13. The zero-order valence-electron chi connectivity index (χ0n) is 11.4. The van der Waals surface area contributed by atoms with Crippen LogP contribution in [0.1, 0.15) is 36.0 Å². The van der Waals surface area contributed by atoms with Crippen LogP contribution in [-0.4, -0.2) is 29.9 Å². The SMILES string of the molecule is CNCCC1CCCC1O.O=C(S)c1ccccc1. The first kappa shape index (κ1) is 16.2. The van der Waals surface area contributed by atoms with Gasteiger partial charge in [0.05, 0.1) is 6.10 Å². The van der Waals surface area contributed by atoms with Gasteiger partial charge in [0.15, 0.2) is 0 Å². The molecular weight excluding hydrogens is 258 g/mol. The minimum atomic E-state index is -0.185. The van der Waals surface area contributed by atoms with Crippen LogP contribution in [0.3, 0.4) is 0 Å². The van der Waals surface area contributed by atoms with E-state index in [2.05, 4.69) is 17.9 Å². The van der Waals surface area contributed by atoms with Crippen molar-refractivity contribution in [3.63, 3.8) is 0 Å². The predicted molar refractivity (Wildman–Crippen MR) is 81.7 cm³/mol. The van der Waals surface area contributed by atoms with Gasteiger partial charge in [-0.1, -0.05) is 36.8 Å². The zero-order chi connectivity index (χ0) is 14.1. The number of hydrogen-bond donors (Lipinski definition) is 3. The highest BCUT2D eigenvalue weighted by molar-refractivity contribution is 7.97. The Morgan fingerprint density at radius 2 is 2.05 bits per heavy atom. The Bertz CT molecular complexity index is 370. The average Bonchev–Trinajstić information content (AvgIpc) is 2.83. The Morgan fingerprint density at radius 1 is 1.37 bits per heavy atom. The maximum absolute atomic E-state index is 10.5. The van der Waals surface area contributed by atoms with Gasteiger partial charge in [-0.05, 0) is 38.8 Å². The highest BCUT2D eigenvalue weighted by atomic mass is 32.1. The van der Waals surface area contributed by atoms with Gasteiger partial charge in [-0.15, -0.1) is 12.6 Å². The fourth-order valence-electron chi connectivity index (χ4n) is 2.26. The van der Waals surface area contributed by atoms with Crippen LogP contribution in [0, 0.1) is 5.92 Å². The van der Waals surface area contributed by atoms with Gasteiger partial charge in [-0.2, -0.15) is 0 Å². The average molecular weight is 281 g/mol. The number of aliphatic hydroxyl groups is 1. The van der Waals surface area contributed by atoms with E-state index in [1.807, 2.05) is 25.2 Å². The topological polar surface area (TPSA) is 49.3 Å². The third-order valence-corrected chi connectivity index (χ3v) is 3.66. The van der Waals surface area contributed by atoms with E-state index in [0.717, 1.165) is 19.4 Å². The maximum atomic E-state index is 10.5. The smallest absolute Gasteiger partial charge is 0.216 e. The number of rotatable bonds is 4. The molecule has 0 amide bonds. The second-order valence-corrected chi connectivity index (χ2v) is 5.23. The van der Waals surface area contributed by atoms with Crippen LogP contribution >= 0.6 is 12.6 Å². The summed E-state index contributed by atoms with van der Waals surface area (Å²) in [6.07, 6.45) is 4.60. The Morgan fingerprint density at radius 3 is 2.47 bits per heavy atom. The molecule has 0 spiro atoms. The molecule has 2 N–H and O–H groups in total. The zero-order valence-corrected chi connectivity index (χ0v) is 12.3. The van der Waals surface area contributed by atoms with E-state index in [1.54, 1.807) is 12.1 Å². The summed E-state index contributed by atoms with van der Waals surface area (Å²) in [7, 11) is 1.96. The lowest BCUT2D eigenvalue weighted by Gasteiger charge is -2.12. The summed E-state index contributed by atoms with van der Waals surface area (Å²) < 4.78 is 0. The van der Waals surface area contributed by atoms with Gasteiger partial charge in [0, 0.05) is 5.56 Å². The monoisotopic (exact) mass is 281 g/mol. The van der Waals surface area contributed by atoms with Crippen molar-refractivity contribution in [3.8, 4) is 0 Å². The van der Waals surface area contributed by atoms with E-state index in [0.29, 0.717) is 11.5 Å². The summed E-state index contributed by atoms with van der Waals surface area (Å²) in [5, 5.41) is 12.3. The maximum Gasteiger partial charge on any atom is 0.216 e. The minimum Gasteiger partial charge on any atom is -0.393 e. The quantitative estimate of drug-likeness (QED) is 0.743. The van der Waals surface area contributed by atoms with Crippen LogP contribution in [0.25, 0.3) is 0 Å². The molecule has 0 saturated heterocycles. The third-order valence-electron chi connectivity index (χ3n) is 3.40. The molecule has 1 saturated carbocycles. The van der Waals surface area contributed by atoms with Crippen molar-refractivity contribution in [1.82, 2.24) is 5.32 Å². The number of carbonyl (C=O) groups excluding carboxylic acids is 1. The highest BCUT2D eigenvalue weighted by Crippen LogP contribution is 2.27. The Balaban J connectivity index is 0.000000191. The first-order chi connectivity index (χ1) is 9.15. The highest BCUT2D eigenvalue weighted by Gasteiger charge is 2.23. The summed E-state index contributed by atoms with van der Waals surface area (Å²) in [5.74, 6) is 0.576. The normalized spacial score (nSPS) is 21.6. The predicted octanol–water partition coefficient (Wildman–Crippen LogP) is 2.51. The first-order valence-corrected chi connectivity index (χ1v) is 7.21. The second-order valence-electron chi connectivity index (χ2n) is 4.82. The standard InChI is InChI=1S/C8H17NO.C7H6OS/c1-9-6-5-7-3-2-4-8(7)10;8-7(9)6-4-2-1-3-5-6/h7-10H,2-6H2,1H3;1-5H,(H,8,9). The van der Waals surface area contributed by atoms with Gasteiger partial charge < -0.3 is 10.4 Å². The van der Waals surface area contributed by atoms with Crippen LogP contribution in [0.4, 0.5) is 0 Å². The molecular formula is C15H23NO2S.